The largest absolute Gasteiger partial charge is 0.497 e. The number of amides is 1. The summed E-state index contributed by atoms with van der Waals surface area (Å²) in [6.07, 6.45) is 3.19. The maximum atomic E-state index is 12.3. The lowest BCUT2D eigenvalue weighted by Gasteiger charge is -2.08. The van der Waals surface area contributed by atoms with Crippen LogP contribution >= 0.6 is 0 Å². The van der Waals surface area contributed by atoms with E-state index in [1.54, 1.807) is 55.7 Å². The molecule has 0 fully saturated rings. The summed E-state index contributed by atoms with van der Waals surface area (Å²) in [5.74, 6) is 0.360. The first-order valence-corrected chi connectivity index (χ1v) is 9.82. The number of esters is 1. The van der Waals surface area contributed by atoms with E-state index in [0.29, 0.717) is 34.7 Å². The van der Waals surface area contributed by atoms with Crippen LogP contribution in [0, 0.1) is 5.92 Å². The molecule has 1 amide bonds. The molecule has 7 heteroatoms. The number of carbonyl (C=O) groups is 3. The van der Waals surface area contributed by atoms with E-state index in [4.69, 9.17) is 14.2 Å². The summed E-state index contributed by atoms with van der Waals surface area (Å²) >= 11 is 0. The summed E-state index contributed by atoms with van der Waals surface area (Å²) in [5, 5.41) is 2.78. The summed E-state index contributed by atoms with van der Waals surface area (Å²) in [6, 6.07) is 11.6. The lowest BCUT2D eigenvalue weighted by Crippen LogP contribution is -2.14. The van der Waals surface area contributed by atoms with Crippen molar-refractivity contribution in [2.45, 2.75) is 20.3 Å². The maximum Gasteiger partial charge on any atom is 0.331 e. The van der Waals surface area contributed by atoms with Gasteiger partial charge in [-0.3, -0.25) is 9.59 Å². The number of rotatable bonds is 10. The summed E-state index contributed by atoms with van der Waals surface area (Å²) in [6.45, 7) is 3.54. The molecule has 31 heavy (non-hydrogen) atoms. The van der Waals surface area contributed by atoms with E-state index in [2.05, 4.69) is 5.32 Å². The molecule has 0 aromatic heterocycles. The molecular weight excluding hydrogens is 398 g/mol. The standard InChI is InChI=1S/C24H27NO6/c1-16(2)13-23(27)25-19-9-5-17(6-10-19)21(26)15-31-24(28)12-8-18-7-11-20(29-3)14-22(18)30-4/h5-12,14,16H,13,15H2,1-4H3,(H,25,27)/b12-8+. The minimum atomic E-state index is -0.649. The van der Waals surface area contributed by atoms with Crippen molar-refractivity contribution in [3.8, 4) is 11.5 Å². The van der Waals surface area contributed by atoms with Gasteiger partial charge in [-0.05, 0) is 48.4 Å². The Balaban J connectivity index is 1.88. The maximum absolute atomic E-state index is 12.3. The summed E-state index contributed by atoms with van der Waals surface area (Å²) < 4.78 is 15.4. The Morgan fingerprint density at radius 1 is 1.00 bits per heavy atom. The summed E-state index contributed by atoms with van der Waals surface area (Å²) in [5.41, 5.74) is 1.66. The number of ether oxygens (including phenoxy) is 3. The van der Waals surface area contributed by atoms with Crippen molar-refractivity contribution in [1.82, 2.24) is 0 Å². The van der Waals surface area contributed by atoms with E-state index in [1.165, 1.54) is 13.2 Å². The first-order chi connectivity index (χ1) is 14.8. The van der Waals surface area contributed by atoms with Crippen LogP contribution in [0.15, 0.2) is 48.5 Å². The number of anilines is 1. The van der Waals surface area contributed by atoms with Gasteiger partial charge in [-0.1, -0.05) is 13.8 Å². The molecule has 0 aliphatic heterocycles. The van der Waals surface area contributed by atoms with Crippen LogP contribution in [0.5, 0.6) is 11.5 Å². The van der Waals surface area contributed by atoms with Gasteiger partial charge in [0, 0.05) is 35.4 Å². The number of nitrogens with one attached hydrogen (secondary N) is 1. The van der Waals surface area contributed by atoms with E-state index < -0.39 is 5.97 Å². The summed E-state index contributed by atoms with van der Waals surface area (Å²) in [7, 11) is 3.07. The predicted molar refractivity (Wildman–Crippen MR) is 118 cm³/mol. The van der Waals surface area contributed by atoms with E-state index in [0.717, 1.165) is 0 Å². The van der Waals surface area contributed by atoms with Crippen LogP contribution in [0.4, 0.5) is 5.69 Å². The molecule has 0 heterocycles. The molecule has 0 aliphatic carbocycles. The van der Waals surface area contributed by atoms with Crippen molar-refractivity contribution in [3.05, 3.63) is 59.7 Å². The smallest absolute Gasteiger partial charge is 0.331 e. The number of methoxy groups -OCH3 is 2. The normalized spacial score (nSPS) is 10.7. The Bertz CT molecular complexity index is 947. The van der Waals surface area contributed by atoms with Crippen LogP contribution in [0.2, 0.25) is 0 Å². The molecule has 0 spiro atoms. The van der Waals surface area contributed by atoms with Crippen LogP contribution < -0.4 is 14.8 Å². The lowest BCUT2D eigenvalue weighted by molar-refractivity contribution is -0.136. The van der Waals surface area contributed by atoms with Crippen LogP contribution in [0.25, 0.3) is 6.08 Å². The van der Waals surface area contributed by atoms with E-state index in [1.807, 2.05) is 13.8 Å². The fourth-order valence-electron chi connectivity index (χ4n) is 2.70. The van der Waals surface area contributed by atoms with Gasteiger partial charge in [0.25, 0.3) is 0 Å². The van der Waals surface area contributed by atoms with Crippen LogP contribution in [0.3, 0.4) is 0 Å². The molecule has 1 N–H and O–H groups in total. The fourth-order valence-corrected chi connectivity index (χ4v) is 2.70. The van der Waals surface area contributed by atoms with Gasteiger partial charge in [0.2, 0.25) is 5.91 Å². The van der Waals surface area contributed by atoms with Crippen molar-refractivity contribution < 1.29 is 28.6 Å². The third-order valence-corrected chi connectivity index (χ3v) is 4.27. The fraction of sp³-hybridized carbons (Fsp3) is 0.292. The monoisotopic (exact) mass is 425 g/mol. The highest BCUT2D eigenvalue weighted by Crippen LogP contribution is 2.25. The highest BCUT2D eigenvalue weighted by molar-refractivity contribution is 5.99. The number of hydrogen-bond donors (Lipinski definition) is 1. The first kappa shape index (κ1) is 23.7. The quantitative estimate of drug-likeness (QED) is 0.350. The number of ketones is 1. The third-order valence-electron chi connectivity index (χ3n) is 4.27. The van der Waals surface area contributed by atoms with Crippen molar-refractivity contribution >= 4 is 29.4 Å². The highest BCUT2D eigenvalue weighted by atomic mass is 16.5. The molecule has 0 radical (unpaired) electrons. The highest BCUT2D eigenvalue weighted by Gasteiger charge is 2.10. The van der Waals surface area contributed by atoms with Gasteiger partial charge < -0.3 is 19.5 Å². The molecule has 2 rings (SSSR count). The zero-order valence-corrected chi connectivity index (χ0v) is 18.1. The first-order valence-electron chi connectivity index (χ1n) is 9.82. The van der Waals surface area contributed by atoms with Crippen LogP contribution in [-0.4, -0.2) is 38.5 Å². The minimum Gasteiger partial charge on any atom is -0.497 e. The van der Waals surface area contributed by atoms with E-state index in [9.17, 15) is 14.4 Å². The molecule has 164 valence electrons. The molecule has 0 saturated heterocycles. The molecular formula is C24H27NO6. The molecule has 0 atom stereocenters. The van der Waals surface area contributed by atoms with Gasteiger partial charge in [0.1, 0.15) is 11.5 Å². The average molecular weight is 425 g/mol. The van der Waals surface area contributed by atoms with E-state index in [-0.39, 0.29) is 24.2 Å². The molecule has 2 aromatic rings. The second-order valence-electron chi connectivity index (χ2n) is 7.20. The number of benzene rings is 2. The Hall–Kier alpha value is -3.61. The second-order valence-corrected chi connectivity index (χ2v) is 7.20. The van der Waals surface area contributed by atoms with Crippen LogP contribution in [-0.2, 0) is 14.3 Å². The van der Waals surface area contributed by atoms with Gasteiger partial charge in [-0.15, -0.1) is 0 Å². The van der Waals surface area contributed by atoms with Crippen molar-refractivity contribution in [2.75, 3.05) is 26.1 Å². The zero-order chi connectivity index (χ0) is 22.8. The molecule has 0 saturated carbocycles. The molecule has 0 bridgehead atoms. The molecule has 2 aromatic carbocycles. The van der Waals surface area contributed by atoms with Gasteiger partial charge >= 0.3 is 5.97 Å². The van der Waals surface area contributed by atoms with Gasteiger partial charge in [-0.25, -0.2) is 4.79 Å². The Morgan fingerprint density at radius 2 is 1.71 bits per heavy atom. The lowest BCUT2D eigenvalue weighted by atomic mass is 10.1. The zero-order valence-electron chi connectivity index (χ0n) is 18.1. The Kier molecular flexibility index (Phi) is 8.81. The van der Waals surface area contributed by atoms with Crippen molar-refractivity contribution in [3.63, 3.8) is 0 Å². The number of carbonyl (C=O) groups excluding carboxylic acids is 3. The Labute approximate surface area is 182 Å². The average Bonchev–Trinajstić information content (AvgIpc) is 2.75. The van der Waals surface area contributed by atoms with Gasteiger partial charge in [0.05, 0.1) is 14.2 Å². The number of hydrogen-bond acceptors (Lipinski definition) is 6. The van der Waals surface area contributed by atoms with Gasteiger partial charge in [-0.2, -0.15) is 0 Å². The molecule has 0 aliphatic rings. The number of Topliss-reactive ketones (excluding diaryl/α,β-unsaturated/α-hetero) is 1. The second kappa shape index (κ2) is 11.5. The summed E-state index contributed by atoms with van der Waals surface area (Å²) in [4.78, 5) is 36.0. The van der Waals surface area contributed by atoms with Crippen LogP contribution in [0.1, 0.15) is 36.2 Å². The Morgan fingerprint density at radius 3 is 2.32 bits per heavy atom. The SMILES string of the molecule is COc1ccc(/C=C/C(=O)OCC(=O)c2ccc(NC(=O)CC(C)C)cc2)c(OC)c1. The minimum absolute atomic E-state index is 0.0803. The van der Waals surface area contributed by atoms with Crippen molar-refractivity contribution in [2.24, 2.45) is 5.92 Å². The van der Waals surface area contributed by atoms with Gasteiger partial charge in [0.15, 0.2) is 12.4 Å². The third kappa shape index (κ3) is 7.62. The van der Waals surface area contributed by atoms with E-state index >= 15 is 0 Å². The topological polar surface area (TPSA) is 90.9 Å². The molecule has 0 unspecified atom stereocenters. The van der Waals surface area contributed by atoms with Crippen molar-refractivity contribution in [1.29, 1.82) is 0 Å². The molecule has 7 nitrogen and oxygen atoms in total. The predicted octanol–water partition coefficient (Wildman–Crippen LogP) is 4.13.